The van der Waals surface area contributed by atoms with Gasteiger partial charge < -0.3 is 5.32 Å². The fourth-order valence-corrected chi connectivity index (χ4v) is 3.87. The van der Waals surface area contributed by atoms with E-state index in [1.54, 1.807) is 0 Å². The molecule has 1 saturated carbocycles. The van der Waals surface area contributed by atoms with Crippen LogP contribution < -0.4 is 5.32 Å². The largest absolute Gasteiger partial charge is 0.313 e. The summed E-state index contributed by atoms with van der Waals surface area (Å²) in [5.74, 6) is 0. The smallest absolute Gasteiger partial charge is 0.188 e. The molecule has 19 heavy (non-hydrogen) atoms. The predicted molar refractivity (Wildman–Crippen MR) is 81.6 cm³/mol. The van der Waals surface area contributed by atoms with E-state index in [1.165, 1.54) is 38.5 Å². The van der Waals surface area contributed by atoms with Crippen molar-refractivity contribution in [2.75, 3.05) is 6.54 Å². The van der Waals surface area contributed by atoms with Crippen molar-refractivity contribution in [3.8, 4) is 0 Å². The Labute approximate surface area is 121 Å². The molecule has 0 bridgehead atoms. The molecule has 1 fully saturated rings. The number of rotatable bonds is 5. The number of aromatic nitrogens is 2. The van der Waals surface area contributed by atoms with E-state index >= 15 is 0 Å². The first-order valence-corrected chi connectivity index (χ1v) is 8.37. The van der Waals surface area contributed by atoms with Crippen molar-refractivity contribution in [1.29, 1.82) is 0 Å². The molecule has 4 heteroatoms. The van der Waals surface area contributed by atoms with Crippen LogP contribution in [0.1, 0.15) is 51.1 Å². The lowest BCUT2D eigenvalue weighted by Gasteiger charge is -2.25. The fourth-order valence-electron chi connectivity index (χ4n) is 2.60. The number of hydrogen-bond acceptors (Lipinski definition) is 4. The molecule has 3 nitrogen and oxygen atoms in total. The highest BCUT2D eigenvalue weighted by atomic mass is 32.2. The highest BCUT2D eigenvalue weighted by Crippen LogP contribution is 2.31. The van der Waals surface area contributed by atoms with Crippen LogP contribution >= 0.6 is 11.8 Å². The van der Waals surface area contributed by atoms with E-state index in [4.69, 9.17) is 0 Å². The summed E-state index contributed by atoms with van der Waals surface area (Å²) in [7, 11) is 0. The molecule has 1 N–H and O–H groups in total. The van der Waals surface area contributed by atoms with Gasteiger partial charge in [0.2, 0.25) is 0 Å². The molecule has 0 saturated heterocycles. The zero-order valence-electron chi connectivity index (χ0n) is 12.1. The van der Waals surface area contributed by atoms with Crippen LogP contribution in [0.4, 0.5) is 0 Å². The molecule has 0 amide bonds. The molecule has 106 valence electrons. The van der Waals surface area contributed by atoms with Crippen LogP contribution in [0, 0.1) is 6.92 Å². The Kier molecular flexibility index (Phi) is 6.11. The molecule has 1 aromatic heterocycles. The van der Waals surface area contributed by atoms with Crippen molar-refractivity contribution in [2.24, 2.45) is 0 Å². The Morgan fingerprint density at radius 1 is 1.32 bits per heavy atom. The second-order valence-corrected chi connectivity index (χ2v) is 6.54. The van der Waals surface area contributed by atoms with E-state index < -0.39 is 0 Å². The third-order valence-corrected chi connectivity index (χ3v) is 4.91. The van der Waals surface area contributed by atoms with Gasteiger partial charge in [0.15, 0.2) is 5.16 Å². The minimum Gasteiger partial charge on any atom is -0.313 e. The van der Waals surface area contributed by atoms with E-state index in [1.807, 2.05) is 30.9 Å². The number of aryl methyl sites for hydroxylation is 1. The minimum absolute atomic E-state index is 0.621. The molecule has 2 rings (SSSR count). The van der Waals surface area contributed by atoms with Crippen molar-refractivity contribution in [3.63, 3.8) is 0 Å². The van der Waals surface area contributed by atoms with Gasteiger partial charge in [-0.1, -0.05) is 37.9 Å². The predicted octanol–water partition coefficient (Wildman–Crippen LogP) is 3.58. The van der Waals surface area contributed by atoms with Gasteiger partial charge in [-0.05, 0) is 38.8 Å². The van der Waals surface area contributed by atoms with E-state index in [9.17, 15) is 0 Å². The van der Waals surface area contributed by atoms with Gasteiger partial charge in [0.25, 0.3) is 0 Å². The van der Waals surface area contributed by atoms with Gasteiger partial charge in [0, 0.05) is 23.2 Å². The Bertz CT molecular complexity index is 383. The molecule has 1 aliphatic carbocycles. The lowest BCUT2D eigenvalue weighted by atomic mass is 10.1. The van der Waals surface area contributed by atoms with Gasteiger partial charge in [-0.25, -0.2) is 9.97 Å². The summed E-state index contributed by atoms with van der Waals surface area (Å²) in [5, 5.41) is 5.28. The maximum atomic E-state index is 4.54. The lowest BCUT2D eigenvalue weighted by Crippen LogP contribution is -2.38. The van der Waals surface area contributed by atoms with Crippen LogP contribution in [0.5, 0.6) is 0 Å². The SMILES string of the molecule is CCCNC1CCCCCC1Sc1nccc(C)n1. The summed E-state index contributed by atoms with van der Waals surface area (Å²) >= 11 is 1.87. The molecule has 0 aromatic carbocycles. The van der Waals surface area contributed by atoms with Crippen LogP contribution in [-0.2, 0) is 0 Å². The highest BCUT2D eigenvalue weighted by Gasteiger charge is 2.24. The maximum Gasteiger partial charge on any atom is 0.188 e. The Morgan fingerprint density at radius 2 is 2.16 bits per heavy atom. The second kappa shape index (κ2) is 7.85. The highest BCUT2D eigenvalue weighted by molar-refractivity contribution is 7.99. The summed E-state index contributed by atoms with van der Waals surface area (Å²) < 4.78 is 0. The zero-order valence-corrected chi connectivity index (χ0v) is 12.9. The van der Waals surface area contributed by atoms with Crippen molar-refractivity contribution in [3.05, 3.63) is 18.0 Å². The summed E-state index contributed by atoms with van der Waals surface area (Å²) in [6, 6.07) is 2.58. The van der Waals surface area contributed by atoms with E-state index in [0.717, 1.165) is 17.4 Å². The quantitative estimate of drug-likeness (QED) is 0.660. The third-order valence-electron chi connectivity index (χ3n) is 3.64. The summed E-state index contributed by atoms with van der Waals surface area (Å²) in [6.45, 7) is 5.39. The van der Waals surface area contributed by atoms with Crippen molar-refractivity contribution in [1.82, 2.24) is 15.3 Å². The Morgan fingerprint density at radius 3 is 2.95 bits per heavy atom. The summed E-state index contributed by atoms with van der Waals surface area (Å²) in [6.07, 6.45) is 9.72. The van der Waals surface area contributed by atoms with Gasteiger partial charge in [-0.3, -0.25) is 0 Å². The van der Waals surface area contributed by atoms with Crippen LogP contribution in [0.2, 0.25) is 0 Å². The first-order chi connectivity index (χ1) is 9.29. The molecule has 0 aliphatic heterocycles. The van der Waals surface area contributed by atoms with Crippen LogP contribution in [0.15, 0.2) is 17.4 Å². The second-order valence-electron chi connectivity index (χ2n) is 5.34. The molecule has 0 spiro atoms. The topological polar surface area (TPSA) is 37.8 Å². The normalized spacial score (nSPS) is 24.1. The van der Waals surface area contributed by atoms with Gasteiger partial charge in [0.1, 0.15) is 0 Å². The van der Waals surface area contributed by atoms with E-state index in [0.29, 0.717) is 11.3 Å². The Hall–Kier alpha value is -0.610. The van der Waals surface area contributed by atoms with E-state index in [2.05, 4.69) is 22.2 Å². The molecule has 2 atom stereocenters. The van der Waals surface area contributed by atoms with Crippen molar-refractivity contribution >= 4 is 11.8 Å². The van der Waals surface area contributed by atoms with Crippen LogP contribution in [0.3, 0.4) is 0 Å². The molecular weight excluding hydrogens is 254 g/mol. The average Bonchev–Trinajstić information content (AvgIpc) is 2.62. The minimum atomic E-state index is 0.621. The molecule has 2 unspecified atom stereocenters. The van der Waals surface area contributed by atoms with Crippen LogP contribution in [0.25, 0.3) is 0 Å². The standard InChI is InChI=1S/C15H25N3S/c1-3-10-16-13-7-5-4-6-8-14(13)19-15-17-11-9-12(2)18-15/h9,11,13-14,16H,3-8,10H2,1-2H3. The lowest BCUT2D eigenvalue weighted by molar-refractivity contribution is 0.469. The number of thioether (sulfide) groups is 1. The third kappa shape index (κ3) is 4.77. The number of nitrogens with zero attached hydrogens (tertiary/aromatic N) is 2. The van der Waals surface area contributed by atoms with E-state index in [-0.39, 0.29) is 0 Å². The zero-order chi connectivity index (χ0) is 13.5. The molecule has 1 heterocycles. The van der Waals surface area contributed by atoms with Crippen molar-refractivity contribution in [2.45, 2.75) is 68.8 Å². The van der Waals surface area contributed by atoms with Gasteiger partial charge in [-0.15, -0.1) is 0 Å². The fraction of sp³-hybridized carbons (Fsp3) is 0.733. The molecule has 1 aromatic rings. The van der Waals surface area contributed by atoms with Crippen LogP contribution in [-0.4, -0.2) is 27.8 Å². The average molecular weight is 279 g/mol. The maximum absolute atomic E-state index is 4.54. The van der Waals surface area contributed by atoms with Gasteiger partial charge in [0.05, 0.1) is 0 Å². The summed E-state index contributed by atoms with van der Waals surface area (Å²) in [5.41, 5.74) is 1.06. The molecular formula is C15H25N3S. The monoisotopic (exact) mass is 279 g/mol. The molecule has 1 aliphatic rings. The molecule has 0 radical (unpaired) electrons. The first-order valence-electron chi connectivity index (χ1n) is 7.49. The first kappa shape index (κ1) is 14.8. The van der Waals surface area contributed by atoms with Gasteiger partial charge in [-0.2, -0.15) is 0 Å². The van der Waals surface area contributed by atoms with Gasteiger partial charge >= 0.3 is 0 Å². The number of hydrogen-bond donors (Lipinski definition) is 1. The summed E-state index contributed by atoms with van der Waals surface area (Å²) in [4.78, 5) is 8.94. The van der Waals surface area contributed by atoms with Crippen molar-refractivity contribution < 1.29 is 0 Å². The Balaban J connectivity index is 2.00. The number of nitrogens with one attached hydrogen (secondary N) is 1.